The Morgan fingerprint density at radius 2 is 2.00 bits per heavy atom. The first-order valence-corrected chi connectivity index (χ1v) is 5.90. The highest BCUT2D eigenvalue weighted by atomic mass is 15.3. The highest BCUT2D eigenvalue weighted by Crippen LogP contribution is 2.19. The Labute approximate surface area is 106 Å². The molecule has 2 aromatic rings. The van der Waals surface area contributed by atoms with Gasteiger partial charge in [0, 0.05) is 11.8 Å². The predicted octanol–water partition coefficient (Wildman–Crippen LogP) is 1.69. The van der Waals surface area contributed by atoms with Gasteiger partial charge in [-0.1, -0.05) is 13.8 Å². The third-order valence-electron chi connectivity index (χ3n) is 2.79. The molecule has 6 heteroatoms. The molecule has 0 aliphatic rings. The lowest BCUT2D eigenvalue weighted by molar-refractivity contribution is 0.749. The van der Waals surface area contributed by atoms with E-state index in [1.807, 2.05) is 26.1 Å². The number of nitrogens with one attached hydrogen (secondary N) is 1. The fraction of sp³-hybridized carbons (Fsp3) is 0.417. The zero-order valence-electron chi connectivity index (χ0n) is 11.1. The second-order valence-corrected chi connectivity index (χ2v) is 4.55. The summed E-state index contributed by atoms with van der Waals surface area (Å²) < 4.78 is 1.76. The third-order valence-corrected chi connectivity index (χ3v) is 2.79. The number of anilines is 1. The molecule has 0 aliphatic heterocycles. The van der Waals surface area contributed by atoms with E-state index in [-0.39, 0.29) is 0 Å². The van der Waals surface area contributed by atoms with E-state index in [0.29, 0.717) is 17.6 Å². The molecule has 6 nitrogen and oxygen atoms in total. The molecule has 18 heavy (non-hydrogen) atoms. The van der Waals surface area contributed by atoms with Crippen LogP contribution < -0.4 is 11.3 Å². The van der Waals surface area contributed by atoms with Crippen molar-refractivity contribution >= 4 is 5.82 Å². The average Bonchev–Trinajstić information content (AvgIpc) is 2.81. The Bertz CT molecular complexity index is 558. The molecule has 0 aromatic carbocycles. The lowest BCUT2D eigenvalue weighted by Gasteiger charge is -2.10. The maximum atomic E-state index is 5.45. The van der Waals surface area contributed by atoms with Crippen LogP contribution in [0.3, 0.4) is 0 Å². The van der Waals surface area contributed by atoms with Crippen LogP contribution in [0.2, 0.25) is 0 Å². The minimum absolute atomic E-state index is 0.390. The molecule has 2 heterocycles. The Hall–Kier alpha value is -1.95. The van der Waals surface area contributed by atoms with Crippen LogP contribution in [-0.4, -0.2) is 19.7 Å². The third kappa shape index (κ3) is 2.19. The fourth-order valence-electron chi connectivity index (χ4n) is 1.74. The van der Waals surface area contributed by atoms with E-state index in [1.165, 1.54) is 0 Å². The van der Waals surface area contributed by atoms with Crippen LogP contribution >= 0.6 is 0 Å². The van der Waals surface area contributed by atoms with E-state index < -0.39 is 0 Å². The number of aryl methyl sites for hydroxylation is 1. The van der Waals surface area contributed by atoms with E-state index in [2.05, 4.69) is 34.3 Å². The predicted molar refractivity (Wildman–Crippen MR) is 70.5 cm³/mol. The molecule has 0 spiro atoms. The van der Waals surface area contributed by atoms with Crippen molar-refractivity contribution in [2.45, 2.75) is 33.6 Å². The first-order chi connectivity index (χ1) is 8.52. The van der Waals surface area contributed by atoms with E-state index in [9.17, 15) is 0 Å². The van der Waals surface area contributed by atoms with Crippen LogP contribution in [0, 0.1) is 13.8 Å². The van der Waals surface area contributed by atoms with Crippen molar-refractivity contribution in [2.75, 3.05) is 5.43 Å². The van der Waals surface area contributed by atoms with Crippen molar-refractivity contribution in [3.05, 3.63) is 29.3 Å². The molecule has 96 valence electrons. The molecular weight excluding hydrogens is 228 g/mol. The average molecular weight is 246 g/mol. The van der Waals surface area contributed by atoms with Gasteiger partial charge in [0.25, 0.3) is 0 Å². The van der Waals surface area contributed by atoms with Gasteiger partial charge in [0.05, 0.1) is 5.69 Å². The van der Waals surface area contributed by atoms with Gasteiger partial charge in [0.2, 0.25) is 0 Å². The highest BCUT2D eigenvalue weighted by molar-refractivity contribution is 5.50. The van der Waals surface area contributed by atoms with Gasteiger partial charge in [0.1, 0.15) is 11.6 Å². The SMILES string of the molecule is Cc1nc(NN)c(C)c(-n2ccc(C(C)C)n2)n1. The second-order valence-electron chi connectivity index (χ2n) is 4.55. The second kappa shape index (κ2) is 4.73. The Morgan fingerprint density at radius 1 is 1.28 bits per heavy atom. The number of nitrogen functional groups attached to an aromatic ring is 1. The molecule has 0 unspecified atom stereocenters. The summed E-state index contributed by atoms with van der Waals surface area (Å²) in [6, 6.07) is 2.00. The monoisotopic (exact) mass is 246 g/mol. The fourth-order valence-corrected chi connectivity index (χ4v) is 1.74. The first kappa shape index (κ1) is 12.5. The Morgan fingerprint density at radius 3 is 2.56 bits per heavy atom. The van der Waals surface area contributed by atoms with Gasteiger partial charge in [-0.15, -0.1) is 0 Å². The topological polar surface area (TPSA) is 81.6 Å². The zero-order valence-corrected chi connectivity index (χ0v) is 11.1. The molecule has 0 saturated carbocycles. The molecule has 0 aliphatic carbocycles. The maximum absolute atomic E-state index is 5.45. The summed E-state index contributed by atoms with van der Waals surface area (Å²) in [4.78, 5) is 8.65. The van der Waals surface area contributed by atoms with Crippen LogP contribution in [-0.2, 0) is 0 Å². The van der Waals surface area contributed by atoms with Crippen molar-refractivity contribution in [3.63, 3.8) is 0 Å². The number of aromatic nitrogens is 4. The van der Waals surface area contributed by atoms with E-state index in [4.69, 9.17) is 5.84 Å². The number of hydrogen-bond acceptors (Lipinski definition) is 5. The van der Waals surface area contributed by atoms with Crippen molar-refractivity contribution in [2.24, 2.45) is 5.84 Å². The van der Waals surface area contributed by atoms with Crippen molar-refractivity contribution in [1.29, 1.82) is 0 Å². The van der Waals surface area contributed by atoms with Crippen molar-refractivity contribution in [1.82, 2.24) is 19.7 Å². The smallest absolute Gasteiger partial charge is 0.162 e. The van der Waals surface area contributed by atoms with Crippen LogP contribution in [0.15, 0.2) is 12.3 Å². The molecule has 3 N–H and O–H groups in total. The number of nitrogens with zero attached hydrogens (tertiary/aromatic N) is 4. The molecular formula is C12H18N6. The van der Waals surface area contributed by atoms with Crippen molar-refractivity contribution < 1.29 is 0 Å². The van der Waals surface area contributed by atoms with Gasteiger partial charge in [-0.05, 0) is 25.8 Å². The van der Waals surface area contributed by atoms with E-state index >= 15 is 0 Å². The normalized spacial score (nSPS) is 11.0. The van der Waals surface area contributed by atoms with Crippen LogP contribution in [0.4, 0.5) is 5.82 Å². The number of hydrogen-bond donors (Lipinski definition) is 2. The standard InChI is InChI=1S/C12H18N6/c1-7(2)10-5-6-18(17-10)12-8(3)11(16-13)14-9(4)15-12/h5-7H,13H2,1-4H3,(H,14,15,16). The lowest BCUT2D eigenvalue weighted by atomic mass is 10.1. The van der Waals surface area contributed by atoms with Gasteiger partial charge in [0.15, 0.2) is 5.82 Å². The molecule has 0 radical (unpaired) electrons. The Balaban J connectivity index is 2.52. The van der Waals surface area contributed by atoms with Crippen LogP contribution in [0.1, 0.15) is 36.8 Å². The van der Waals surface area contributed by atoms with Gasteiger partial charge in [-0.25, -0.2) is 20.5 Å². The Kier molecular flexibility index (Phi) is 3.29. The van der Waals surface area contributed by atoms with Crippen molar-refractivity contribution in [3.8, 4) is 5.82 Å². The minimum atomic E-state index is 0.390. The molecule has 0 amide bonds. The zero-order chi connectivity index (χ0) is 13.3. The number of hydrazine groups is 1. The summed E-state index contributed by atoms with van der Waals surface area (Å²) >= 11 is 0. The molecule has 2 aromatic heterocycles. The van der Waals surface area contributed by atoms with Gasteiger partial charge in [-0.3, -0.25) is 0 Å². The van der Waals surface area contributed by atoms with Gasteiger partial charge >= 0.3 is 0 Å². The quantitative estimate of drug-likeness (QED) is 0.636. The first-order valence-electron chi connectivity index (χ1n) is 5.90. The maximum Gasteiger partial charge on any atom is 0.162 e. The minimum Gasteiger partial charge on any atom is -0.308 e. The molecule has 0 fully saturated rings. The summed E-state index contributed by atoms with van der Waals surface area (Å²) in [6.45, 7) is 7.96. The summed E-state index contributed by atoms with van der Waals surface area (Å²) in [6.07, 6.45) is 1.91. The molecule has 2 rings (SSSR count). The summed E-state index contributed by atoms with van der Waals surface area (Å²) in [5.41, 5.74) is 4.50. The van der Waals surface area contributed by atoms with E-state index in [1.54, 1.807) is 4.68 Å². The van der Waals surface area contributed by atoms with E-state index in [0.717, 1.165) is 17.1 Å². The highest BCUT2D eigenvalue weighted by Gasteiger charge is 2.12. The summed E-state index contributed by atoms with van der Waals surface area (Å²) in [7, 11) is 0. The van der Waals surface area contributed by atoms with Gasteiger partial charge < -0.3 is 5.43 Å². The van der Waals surface area contributed by atoms with Crippen LogP contribution in [0.25, 0.3) is 5.82 Å². The molecule has 0 saturated heterocycles. The van der Waals surface area contributed by atoms with Crippen LogP contribution in [0.5, 0.6) is 0 Å². The largest absolute Gasteiger partial charge is 0.308 e. The summed E-state index contributed by atoms with van der Waals surface area (Å²) in [5, 5.41) is 4.52. The van der Waals surface area contributed by atoms with Gasteiger partial charge in [-0.2, -0.15) is 5.10 Å². The molecule has 0 atom stereocenters. The lowest BCUT2D eigenvalue weighted by Crippen LogP contribution is -2.14. The number of nitrogens with two attached hydrogens (primary N) is 1. The summed E-state index contributed by atoms with van der Waals surface area (Å²) in [5.74, 6) is 7.87. The number of rotatable bonds is 3. The molecule has 0 bridgehead atoms.